The van der Waals surface area contributed by atoms with Crippen LogP contribution >= 0.6 is 0 Å². The van der Waals surface area contributed by atoms with Gasteiger partial charge in [0.25, 0.3) is 0 Å². The van der Waals surface area contributed by atoms with Crippen molar-refractivity contribution in [1.29, 1.82) is 0 Å². The first-order chi connectivity index (χ1) is 13.9. The smallest absolute Gasteiger partial charge is 0.231 e. The first kappa shape index (κ1) is 23.2. The maximum absolute atomic E-state index is 12.8. The second-order valence-electron chi connectivity index (χ2n) is 8.12. The molecule has 0 spiro atoms. The average Bonchev–Trinajstić information content (AvgIpc) is 3.19. The summed E-state index contributed by atoms with van der Waals surface area (Å²) >= 11 is 0. The molecule has 1 aliphatic heterocycles. The number of allylic oxidation sites excluding steroid dienone is 2. The summed E-state index contributed by atoms with van der Waals surface area (Å²) in [6.07, 6.45) is 7.33. The molecule has 0 radical (unpaired) electrons. The Morgan fingerprint density at radius 1 is 1.03 bits per heavy atom. The zero-order chi connectivity index (χ0) is 21.4. The Balaban J connectivity index is 2.04. The number of Topliss-reactive ketones (excluding diaryl/α,β-unsaturated/α-hetero) is 2. The number of hydrogen-bond acceptors (Lipinski definition) is 4. The lowest BCUT2D eigenvalue weighted by Gasteiger charge is -2.35. The van der Waals surface area contributed by atoms with E-state index in [4.69, 9.17) is 9.47 Å². The van der Waals surface area contributed by atoms with Crippen molar-refractivity contribution in [3.05, 3.63) is 35.4 Å². The van der Waals surface area contributed by atoms with Crippen molar-refractivity contribution in [3.8, 4) is 11.5 Å². The number of ether oxygens (including phenoxy) is 2. The van der Waals surface area contributed by atoms with Gasteiger partial charge in [0.05, 0.1) is 5.41 Å². The van der Waals surface area contributed by atoms with E-state index in [-0.39, 0.29) is 17.5 Å². The van der Waals surface area contributed by atoms with E-state index in [0.717, 1.165) is 37.2 Å². The molecule has 0 bridgehead atoms. The van der Waals surface area contributed by atoms with Gasteiger partial charge in [-0.15, -0.1) is 0 Å². The van der Waals surface area contributed by atoms with Crippen LogP contribution in [0.2, 0.25) is 0 Å². The van der Waals surface area contributed by atoms with Gasteiger partial charge < -0.3 is 9.47 Å². The van der Waals surface area contributed by atoms with E-state index in [1.54, 1.807) is 0 Å². The van der Waals surface area contributed by atoms with Crippen LogP contribution in [-0.2, 0) is 16.0 Å². The largest absolute Gasteiger partial charge is 0.454 e. The van der Waals surface area contributed by atoms with E-state index in [0.29, 0.717) is 26.1 Å². The van der Waals surface area contributed by atoms with Crippen LogP contribution in [0.4, 0.5) is 0 Å². The van der Waals surface area contributed by atoms with Gasteiger partial charge in [-0.1, -0.05) is 52.3 Å². The van der Waals surface area contributed by atoms with Crippen molar-refractivity contribution in [2.24, 2.45) is 11.3 Å². The number of hydrogen-bond donors (Lipinski definition) is 0. The summed E-state index contributed by atoms with van der Waals surface area (Å²) < 4.78 is 10.8. The predicted molar refractivity (Wildman–Crippen MR) is 116 cm³/mol. The third-order valence-electron chi connectivity index (χ3n) is 6.22. The Morgan fingerprint density at radius 3 is 2.28 bits per heavy atom. The molecule has 1 aliphatic rings. The van der Waals surface area contributed by atoms with Crippen molar-refractivity contribution in [2.45, 2.75) is 79.6 Å². The molecule has 29 heavy (non-hydrogen) atoms. The summed E-state index contributed by atoms with van der Waals surface area (Å²) in [5.74, 6) is 1.84. The molecule has 1 aromatic carbocycles. The molecular formula is C25H36O4. The molecule has 1 heterocycles. The first-order valence-electron chi connectivity index (χ1n) is 11.0. The molecular weight excluding hydrogens is 364 g/mol. The van der Waals surface area contributed by atoms with E-state index in [9.17, 15) is 9.59 Å². The lowest BCUT2D eigenvalue weighted by Crippen LogP contribution is -2.43. The third-order valence-corrected chi connectivity index (χ3v) is 6.22. The number of ketones is 2. The number of aryl methyl sites for hydroxylation is 1. The Hall–Kier alpha value is -2.10. The van der Waals surface area contributed by atoms with Crippen molar-refractivity contribution < 1.29 is 19.1 Å². The first-order valence-corrected chi connectivity index (χ1v) is 11.0. The molecule has 160 valence electrons. The molecule has 0 N–H and O–H groups in total. The van der Waals surface area contributed by atoms with Crippen LogP contribution in [0.5, 0.6) is 11.5 Å². The minimum atomic E-state index is -0.838. The van der Waals surface area contributed by atoms with Crippen molar-refractivity contribution >= 4 is 11.6 Å². The van der Waals surface area contributed by atoms with Crippen LogP contribution in [0, 0.1) is 11.3 Å². The van der Waals surface area contributed by atoms with Gasteiger partial charge in [-0.3, -0.25) is 9.59 Å². The molecule has 4 heteroatoms. The number of benzene rings is 1. The van der Waals surface area contributed by atoms with Crippen LogP contribution in [0.3, 0.4) is 0 Å². The van der Waals surface area contributed by atoms with E-state index < -0.39 is 5.41 Å². The van der Waals surface area contributed by atoms with E-state index in [2.05, 4.69) is 19.1 Å². The van der Waals surface area contributed by atoms with Gasteiger partial charge in [0, 0.05) is 12.8 Å². The highest BCUT2D eigenvalue weighted by Crippen LogP contribution is 2.39. The second kappa shape index (κ2) is 10.6. The lowest BCUT2D eigenvalue weighted by molar-refractivity contribution is -0.144. The van der Waals surface area contributed by atoms with Gasteiger partial charge in [0.15, 0.2) is 11.5 Å². The van der Waals surface area contributed by atoms with Gasteiger partial charge in [-0.25, -0.2) is 0 Å². The van der Waals surface area contributed by atoms with Crippen molar-refractivity contribution in [2.75, 3.05) is 6.79 Å². The zero-order valence-electron chi connectivity index (χ0n) is 18.7. The molecule has 0 fully saturated rings. The number of carbonyl (C=O) groups excluding carboxylic acids is 2. The molecule has 0 amide bonds. The Labute approximate surface area is 175 Å². The summed E-state index contributed by atoms with van der Waals surface area (Å²) in [6, 6.07) is 6.09. The van der Waals surface area contributed by atoms with E-state index >= 15 is 0 Å². The highest BCUT2D eigenvalue weighted by Gasteiger charge is 2.45. The fourth-order valence-electron chi connectivity index (χ4n) is 4.32. The normalized spacial score (nSPS) is 13.8. The summed E-state index contributed by atoms with van der Waals surface area (Å²) in [5.41, 5.74) is 1.71. The molecule has 0 unspecified atom stereocenters. The van der Waals surface area contributed by atoms with Gasteiger partial charge in [-0.05, 0) is 55.7 Å². The lowest BCUT2D eigenvalue weighted by atomic mass is 9.65. The minimum absolute atomic E-state index is 0.0224. The molecule has 0 atom stereocenters. The molecule has 0 saturated carbocycles. The SMILES string of the molecule is CCC(=O)C(CCC(=CCCc1ccc2c(c1)OCO2)CC)(C(=O)CC)C(C)C. The molecule has 4 nitrogen and oxygen atoms in total. The summed E-state index contributed by atoms with van der Waals surface area (Å²) in [4.78, 5) is 25.6. The minimum Gasteiger partial charge on any atom is -0.454 e. The summed E-state index contributed by atoms with van der Waals surface area (Å²) in [5, 5.41) is 0. The molecule has 1 aromatic rings. The molecule has 0 saturated heterocycles. The highest BCUT2D eigenvalue weighted by molar-refractivity contribution is 6.07. The van der Waals surface area contributed by atoms with Crippen LogP contribution in [0.15, 0.2) is 29.8 Å². The molecule has 0 aromatic heterocycles. The number of rotatable bonds is 12. The molecule has 0 aliphatic carbocycles. The summed E-state index contributed by atoms with van der Waals surface area (Å²) in [7, 11) is 0. The van der Waals surface area contributed by atoms with Crippen LogP contribution in [0.1, 0.15) is 78.7 Å². The van der Waals surface area contributed by atoms with Crippen LogP contribution in [-0.4, -0.2) is 18.4 Å². The average molecular weight is 401 g/mol. The summed E-state index contributed by atoms with van der Waals surface area (Å²) in [6.45, 7) is 10.2. The van der Waals surface area contributed by atoms with Gasteiger partial charge >= 0.3 is 0 Å². The number of fused-ring (bicyclic) bond motifs is 1. The van der Waals surface area contributed by atoms with Crippen molar-refractivity contribution in [3.63, 3.8) is 0 Å². The zero-order valence-corrected chi connectivity index (χ0v) is 18.7. The highest BCUT2D eigenvalue weighted by atomic mass is 16.7. The van der Waals surface area contributed by atoms with E-state index in [1.807, 2.05) is 39.8 Å². The topological polar surface area (TPSA) is 52.6 Å². The quantitative estimate of drug-likeness (QED) is 0.316. The Bertz CT molecular complexity index is 729. The predicted octanol–water partition coefficient (Wildman–Crippen LogP) is 6.07. The Morgan fingerprint density at radius 2 is 1.69 bits per heavy atom. The van der Waals surface area contributed by atoms with Crippen molar-refractivity contribution in [1.82, 2.24) is 0 Å². The van der Waals surface area contributed by atoms with Crippen LogP contribution in [0.25, 0.3) is 0 Å². The fraction of sp³-hybridized carbons (Fsp3) is 0.600. The maximum Gasteiger partial charge on any atom is 0.231 e. The monoisotopic (exact) mass is 400 g/mol. The fourth-order valence-corrected chi connectivity index (χ4v) is 4.32. The van der Waals surface area contributed by atoms with Gasteiger partial charge in [0.2, 0.25) is 6.79 Å². The molecule has 2 rings (SSSR count). The third kappa shape index (κ3) is 5.29. The Kier molecular flexibility index (Phi) is 8.48. The van der Waals surface area contributed by atoms with E-state index in [1.165, 1.54) is 11.1 Å². The van der Waals surface area contributed by atoms with Gasteiger partial charge in [-0.2, -0.15) is 0 Å². The second-order valence-corrected chi connectivity index (χ2v) is 8.12. The number of carbonyl (C=O) groups is 2. The standard InChI is InChI=1S/C25H36O4/c1-6-19(10-9-11-20-12-13-21-22(16-20)29-17-28-21)14-15-25(18(4)5,23(26)7-2)24(27)8-3/h10,12-13,16,18H,6-9,11,14-15,17H2,1-5H3. The van der Waals surface area contributed by atoms with Crippen LogP contribution < -0.4 is 9.47 Å². The maximum atomic E-state index is 12.8. The van der Waals surface area contributed by atoms with Gasteiger partial charge in [0.1, 0.15) is 11.6 Å².